The van der Waals surface area contributed by atoms with E-state index < -0.39 is 10.0 Å². The summed E-state index contributed by atoms with van der Waals surface area (Å²) < 4.78 is 26.0. The third-order valence-corrected chi connectivity index (χ3v) is 4.59. The van der Waals surface area contributed by atoms with E-state index in [0.717, 1.165) is 13.0 Å². The molecule has 1 rings (SSSR count). The molecule has 0 saturated carbocycles. The Hall–Kier alpha value is -1.22. The fourth-order valence-electron chi connectivity index (χ4n) is 1.60. The largest absolute Gasteiger partial charge is 0.323 e. The molecule has 1 aromatic heterocycles. The highest BCUT2D eigenvalue weighted by Crippen LogP contribution is 2.21. The van der Waals surface area contributed by atoms with E-state index in [-0.39, 0.29) is 4.90 Å². The number of nitrogens with one attached hydrogen (secondary N) is 1. The molecule has 0 amide bonds. The molecule has 0 aliphatic carbocycles. The first-order valence-corrected chi connectivity index (χ1v) is 7.35. The molecule has 0 unspecified atom stereocenters. The molecule has 0 aliphatic heterocycles. The Labute approximate surface area is 114 Å². The third-order valence-electron chi connectivity index (χ3n) is 2.71. The number of nitrogens with zero attached hydrogens (tertiary/aromatic N) is 3. The Morgan fingerprint density at radius 2 is 2.00 bits per heavy atom. The lowest BCUT2D eigenvalue weighted by Crippen LogP contribution is -2.30. The minimum absolute atomic E-state index is 0.0878. The lowest BCUT2D eigenvalue weighted by molar-refractivity contribution is 0.370. The number of sulfonamides is 1. The molecule has 0 bridgehead atoms. The van der Waals surface area contributed by atoms with Crippen LogP contribution in [0.15, 0.2) is 23.4 Å². The molecule has 8 heteroatoms. The maximum atomic E-state index is 12.4. The second-order valence-electron chi connectivity index (χ2n) is 4.50. The summed E-state index contributed by atoms with van der Waals surface area (Å²) in [4.78, 5) is 5.94. The minimum atomic E-state index is -3.57. The smallest absolute Gasteiger partial charge is 0.246 e. The maximum absolute atomic E-state index is 12.4. The molecule has 0 saturated heterocycles. The zero-order valence-electron chi connectivity index (χ0n) is 11.5. The van der Waals surface area contributed by atoms with Crippen molar-refractivity contribution in [2.45, 2.75) is 11.3 Å². The molecule has 0 aliphatic rings. The van der Waals surface area contributed by atoms with E-state index in [1.807, 2.05) is 19.0 Å². The van der Waals surface area contributed by atoms with Crippen LogP contribution in [0.2, 0.25) is 0 Å². The number of hydrazine groups is 1. The summed E-state index contributed by atoms with van der Waals surface area (Å²) in [5.41, 5.74) is 2.72. The highest BCUT2D eigenvalue weighted by molar-refractivity contribution is 7.89. The molecule has 1 heterocycles. The van der Waals surface area contributed by atoms with E-state index in [4.69, 9.17) is 5.84 Å². The van der Waals surface area contributed by atoms with Gasteiger partial charge in [0.25, 0.3) is 0 Å². The van der Waals surface area contributed by atoms with E-state index in [9.17, 15) is 8.42 Å². The van der Waals surface area contributed by atoms with E-state index >= 15 is 0 Å². The van der Waals surface area contributed by atoms with Crippen LogP contribution in [-0.4, -0.2) is 56.8 Å². The van der Waals surface area contributed by atoms with Gasteiger partial charge in [0.2, 0.25) is 10.0 Å². The number of nitrogen functional groups attached to an aromatic ring is 1. The summed E-state index contributed by atoms with van der Waals surface area (Å²) >= 11 is 0. The van der Waals surface area contributed by atoms with Crippen LogP contribution in [0.4, 0.5) is 5.69 Å². The number of nitrogens with two attached hydrogens (primary N) is 1. The highest BCUT2D eigenvalue weighted by atomic mass is 32.2. The normalized spacial score (nSPS) is 12.1. The predicted molar refractivity (Wildman–Crippen MR) is 75.0 cm³/mol. The van der Waals surface area contributed by atoms with Crippen LogP contribution in [0.3, 0.4) is 0 Å². The van der Waals surface area contributed by atoms with Crippen LogP contribution in [0.25, 0.3) is 0 Å². The Balaban J connectivity index is 2.85. The minimum Gasteiger partial charge on any atom is -0.323 e. The Kier molecular flexibility index (Phi) is 5.67. The molecule has 108 valence electrons. The number of hydrogen-bond acceptors (Lipinski definition) is 6. The lowest BCUT2D eigenvalue weighted by Gasteiger charge is -2.19. The molecule has 19 heavy (non-hydrogen) atoms. The predicted octanol–water partition coefficient (Wildman–Crippen LogP) is -0.0606. The van der Waals surface area contributed by atoms with Crippen LogP contribution < -0.4 is 11.3 Å². The molecule has 0 fully saturated rings. The van der Waals surface area contributed by atoms with E-state index in [1.165, 1.54) is 22.8 Å². The molecule has 3 N–H and O–H groups in total. The molecule has 0 aromatic carbocycles. The first kappa shape index (κ1) is 15.8. The van der Waals surface area contributed by atoms with Crippen molar-refractivity contribution in [1.29, 1.82) is 0 Å². The van der Waals surface area contributed by atoms with Gasteiger partial charge in [-0.1, -0.05) is 0 Å². The van der Waals surface area contributed by atoms with Gasteiger partial charge in [-0.15, -0.1) is 0 Å². The SMILES string of the molecule is CN(C)CCCN(C)S(=O)(=O)c1cnccc1NN. The van der Waals surface area contributed by atoms with Gasteiger partial charge in [-0.2, -0.15) is 0 Å². The zero-order valence-corrected chi connectivity index (χ0v) is 12.3. The summed E-state index contributed by atoms with van der Waals surface area (Å²) in [7, 11) is 1.88. The molecule has 1 aromatic rings. The molecule has 7 nitrogen and oxygen atoms in total. The molecule has 0 radical (unpaired) electrons. The van der Waals surface area contributed by atoms with Gasteiger partial charge < -0.3 is 10.3 Å². The third kappa shape index (κ3) is 4.13. The van der Waals surface area contributed by atoms with Crippen molar-refractivity contribution in [3.8, 4) is 0 Å². The van der Waals surface area contributed by atoms with Crippen molar-refractivity contribution >= 4 is 15.7 Å². The Bertz CT molecular complexity index is 504. The number of aromatic nitrogens is 1. The van der Waals surface area contributed by atoms with Crippen LogP contribution in [0, 0.1) is 0 Å². The molecular formula is C11H21N5O2S. The van der Waals surface area contributed by atoms with Crippen LogP contribution >= 0.6 is 0 Å². The highest BCUT2D eigenvalue weighted by Gasteiger charge is 2.23. The van der Waals surface area contributed by atoms with Crippen LogP contribution in [0.1, 0.15) is 6.42 Å². The summed E-state index contributed by atoms with van der Waals surface area (Å²) in [5.74, 6) is 5.32. The van der Waals surface area contributed by atoms with Crippen molar-refractivity contribution in [2.75, 3.05) is 39.7 Å². The number of rotatable bonds is 7. The molecular weight excluding hydrogens is 266 g/mol. The number of pyridine rings is 1. The fourth-order valence-corrected chi connectivity index (χ4v) is 2.91. The van der Waals surface area contributed by atoms with Gasteiger partial charge in [0.15, 0.2) is 0 Å². The molecule has 0 spiro atoms. The van der Waals surface area contributed by atoms with Crippen molar-refractivity contribution < 1.29 is 8.42 Å². The zero-order chi connectivity index (χ0) is 14.5. The van der Waals surface area contributed by atoms with E-state index in [0.29, 0.717) is 12.2 Å². The second-order valence-corrected chi connectivity index (χ2v) is 6.51. The van der Waals surface area contributed by atoms with Gasteiger partial charge in [0.1, 0.15) is 4.90 Å². The van der Waals surface area contributed by atoms with Crippen molar-refractivity contribution in [3.63, 3.8) is 0 Å². The first-order chi connectivity index (χ1) is 8.89. The van der Waals surface area contributed by atoms with E-state index in [2.05, 4.69) is 10.4 Å². The summed E-state index contributed by atoms with van der Waals surface area (Å²) in [5, 5.41) is 0. The van der Waals surface area contributed by atoms with Gasteiger partial charge in [-0.25, -0.2) is 12.7 Å². The van der Waals surface area contributed by atoms with Gasteiger partial charge in [0.05, 0.1) is 5.69 Å². The first-order valence-electron chi connectivity index (χ1n) is 5.91. The van der Waals surface area contributed by atoms with Gasteiger partial charge >= 0.3 is 0 Å². The Morgan fingerprint density at radius 3 is 2.58 bits per heavy atom. The van der Waals surface area contributed by atoms with Crippen LogP contribution in [0.5, 0.6) is 0 Å². The average molecular weight is 287 g/mol. The molecule has 0 atom stereocenters. The van der Waals surface area contributed by atoms with E-state index in [1.54, 1.807) is 7.05 Å². The van der Waals surface area contributed by atoms with Crippen LogP contribution in [-0.2, 0) is 10.0 Å². The maximum Gasteiger partial charge on any atom is 0.246 e. The van der Waals surface area contributed by atoms with Crippen molar-refractivity contribution in [1.82, 2.24) is 14.2 Å². The van der Waals surface area contributed by atoms with Crippen molar-refractivity contribution in [3.05, 3.63) is 18.5 Å². The average Bonchev–Trinajstić information content (AvgIpc) is 2.38. The summed E-state index contributed by atoms with van der Waals surface area (Å²) in [6.07, 6.45) is 3.54. The van der Waals surface area contributed by atoms with Crippen molar-refractivity contribution in [2.24, 2.45) is 5.84 Å². The monoisotopic (exact) mass is 287 g/mol. The van der Waals surface area contributed by atoms with Gasteiger partial charge in [0, 0.05) is 26.0 Å². The standard InChI is InChI=1S/C11H21N5O2S/c1-15(2)7-4-8-16(3)19(17,18)11-9-13-6-5-10(11)14-12/h5-6,9H,4,7-8,12H2,1-3H3,(H,13,14). The van der Waals surface area contributed by atoms with Gasteiger partial charge in [-0.3, -0.25) is 10.8 Å². The second kappa shape index (κ2) is 6.80. The lowest BCUT2D eigenvalue weighted by atomic mass is 10.4. The summed E-state index contributed by atoms with van der Waals surface area (Å²) in [6.45, 7) is 1.27. The fraction of sp³-hybridized carbons (Fsp3) is 0.545. The summed E-state index contributed by atoms with van der Waals surface area (Å²) in [6, 6.07) is 1.53. The Morgan fingerprint density at radius 1 is 1.32 bits per heavy atom. The quantitative estimate of drug-likeness (QED) is 0.539. The topological polar surface area (TPSA) is 91.6 Å². The number of hydrogen-bond donors (Lipinski definition) is 2. The number of anilines is 1. The van der Waals surface area contributed by atoms with Gasteiger partial charge in [-0.05, 0) is 33.1 Å².